The molecule has 1 saturated carbocycles. The molecule has 0 amide bonds. The average molecular weight is 341 g/mol. The summed E-state index contributed by atoms with van der Waals surface area (Å²) < 4.78 is 1.05. The lowest BCUT2D eigenvalue weighted by Crippen LogP contribution is -2.39. The second-order valence-electron chi connectivity index (χ2n) is 5.99. The van der Waals surface area contributed by atoms with E-state index in [-0.39, 0.29) is 0 Å². The van der Waals surface area contributed by atoms with Gasteiger partial charge in [-0.15, -0.1) is 0 Å². The zero-order valence-corrected chi connectivity index (χ0v) is 13.9. The van der Waals surface area contributed by atoms with E-state index in [2.05, 4.69) is 41.2 Å². The Morgan fingerprint density at radius 3 is 2.79 bits per heavy atom. The van der Waals surface area contributed by atoms with Crippen LogP contribution in [0.2, 0.25) is 0 Å². The predicted octanol–water partition coefficient (Wildman–Crippen LogP) is 4.46. The standard InChI is InChI=1S/C15H21BrN2S/c1-15(2)8-4-3-5-13(15)18-12-9-10(16)6-7-11(12)14(17)19/h6-7,9,13,18H,3-5,8H2,1-2H3,(H2,17,19). The summed E-state index contributed by atoms with van der Waals surface area (Å²) in [5.74, 6) is 0. The van der Waals surface area contributed by atoms with E-state index in [9.17, 15) is 0 Å². The van der Waals surface area contributed by atoms with Gasteiger partial charge in [-0.3, -0.25) is 0 Å². The zero-order valence-electron chi connectivity index (χ0n) is 11.5. The molecule has 1 aliphatic rings. The average Bonchev–Trinajstić information content (AvgIpc) is 2.31. The largest absolute Gasteiger partial charge is 0.389 e. The maximum atomic E-state index is 5.81. The van der Waals surface area contributed by atoms with Crippen molar-refractivity contribution in [2.75, 3.05) is 5.32 Å². The van der Waals surface area contributed by atoms with Gasteiger partial charge in [-0.05, 0) is 36.5 Å². The molecule has 4 heteroatoms. The van der Waals surface area contributed by atoms with Crippen LogP contribution in [-0.4, -0.2) is 11.0 Å². The Bertz CT molecular complexity index is 485. The Morgan fingerprint density at radius 1 is 1.42 bits per heavy atom. The third-order valence-corrected chi connectivity index (χ3v) is 4.80. The van der Waals surface area contributed by atoms with Crippen LogP contribution in [-0.2, 0) is 0 Å². The van der Waals surface area contributed by atoms with Gasteiger partial charge >= 0.3 is 0 Å². The molecule has 2 rings (SSSR count). The number of benzene rings is 1. The van der Waals surface area contributed by atoms with Crippen molar-refractivity contribution in [1.29, 1.82) is 0 Å². The van der Waals surface area contributed by atoms with Gasteiger partial charge < -0.3 is 11.1 Å². The minimum atomic E-state index is 0.314. The molecule has 1 aromatic carbocycles. The Labute approximate surface area is 129 Å². The molecule has 1 fully saturated rings. The number of anilines is 1. The molecule has 0 heterocycles. The van der Waals surface area contributed by atoms with Gasteiger partial charge in [0.15, 0.2) is 0 Å². The zero-order chi connectivity index (χ0) is 14.0. The molecule has 0 aromatic heterocycles. The molecule has 0 aliphatic heterocycles. The molecular weight excluding hydrogens is 320 g/mol. The molecule has 0 radical (unpaired) electrons. The SMILES string of the molecule is CC1(C)CCCCC1Nc1cc(Br)ccc1C(N)=S. The van der Waals surface area contributed by atoms with Crippen LogP contribution in [0, 0.1) is 5.41 Å². The normalized spacial score (nSPS) is 21.9. The van der Waals surface area contributed by atoms with Gasteiger partial charge in [0.05, 0.1) is 0 Å². The van der Waals surface area contributed by atoms with Crippen LogP contribution in [0.3, 0.4) is 0 Å². The number of thiocarbonyl (C=S) groups is 1. The maximum absolute atomic E-state index is 5.81. The van der Waals surface area contributed by atoms with Gasteiger partial charge in [-0.25, -0.2) is 0 Å². The molecular formula is C15H21BrN2S. The topological polar surface area (TPSA) is 38.0 Å². The third kappa shape index (κ3) is 3.48. The molecule has 1 atom stereocenters. The van der Waals surface area contributed by atoms with E-state index in [1.54, 1.807) is 0 Å². The first kappa shape index (κ1) is 14.8. The van der Waals surface area contributed by atoms with E-state index >= 15 is 0 Å². The summed E-state index contributed by atoms with van der Waals surface area (Å²) in [4.78, 5) is 0.448. The monoisotopic (exact) mass is 340 g/mol. The maximum Gasteiger partial charge on any atom is 0.106 e. The highest BCUT2D eigenvalue weighted by Gasteiger charge is 2.32. The fraction of sp³-hybridized carbons (Fsp3) is 0.533. The van der Waals surface area contributed by atoms with Crippen LogP contribution in [0.15, 0.2) is 22.7 Å². The Hall–Kier alpha value is -0.610. The van der Waals surface area contributed by atoms with Crippen LogP contribution < -0.4 is 11.1 Å². The van der Waals surface area contributed by atoms with Crippen molar-refractivity contribution in [3.05, 3.63) is 28.2 Å². The molecule has 3 N–H and O–H groups in total. The summed E-state index contributed by atoms with van der Waals surface area (Å²) in [7, 11) is 0. The fourth-order valence-electron chi connectivity index (χ4n) is 2.80. The Morgan fingerprint density at radius 2 is 2.16 bits per heavy atom. The third-order valence-electron chi connectivity index (χ3n) is 4.08. The van der Waals surface area contributed by atoms with Crippen LogP contribution in [0.25, 0.3) is 0 Å². The molecule has 1 aromatic rings. The summed E-state index contributed by atoms with van der Waals surface area (Å²) in [6, 6.07) is 6.50. The van der Waals surface area contributed by atoms with Crippen molar-refractivity contribution < 1.29 is 0 Å². The first-order valence-corrected chi connectivity index (χ1v) is 7.96. The molecule has 0 spiro atoms. The summed E-state index contributed by atoms with van der Waals surface area (Å²) >= 11 is 8.65. The minimum absolute atomic E-state index is 0.314. The molecule has 0 bridgehead atoms. The second-order valence-corrected chi connectivity index (χ2v) is 7.34. The summed E-state index contributed by atoms with van der Waals surface area (Å²) in [6.07, 6.45) is 5.08. The molecule has 1 unspecified atom stereocenters. The van der Waals surface area contributed by atoms with E-state index in [0.29, 0.717) is 16.4 Å². The van der Waals surface area contributed by atoms with Crippen molar-refractivity contribution in [2.24, 2.45) is 11.1 Å². The lowest BCUT2D eigenvalue weighted by atomic mass is 9.73. The van der Waals surface area contributed by atoms with E-state index in [1.165, 1.54) is 25.7 Å². The van der Waals surface area contributed by atoms with Gasteiger partial charge in [-0.2, -0.15) is 0 Å². The molecule has 2 nitrogen and oxygen atoms in total. The van der Waals surface area contributed by atoms with Crippen molar-refractivity contribution in [1.82, 2.24) is 0 Å². The number of hydrogen-bond donors (Lipinski definition) is 2. The van der Waals surface area contributed by atoms with Gasteiger partial charge in [-0.1, -0.05) is 54.8 Å². The molecule has 104 valence electrons. The quantitative estimate of drug-likeness (QED) is 0.797. The van der Waals surface area contributed by atoms with Crippen LogP contribution in [0.4, 0.5) is 5.69 Å². The van der Waals surface area contributed by atoms with Crippen LogP contribution in [0.5, 0.6) is 0 Å². The number of hydrogen-bond acceptors (Lipinski definition) is 2. The van der Waals surface area contributed by atoms with Crippen LogP contribution in [0.1, 0.15) is 45.1 Å². The minimum Gasteiger partial charge on any atom is -0.389 e. The van der Waals surface area contributed by atoms with E-state index < -0.39 is 0 Å². The van der Waals surface area contributed by atoms with Gasteiger partial charge in [0, 0.05) is 21.8 Å². The molecule has 1 aliphatic carbocycles. The summed E-state index contributed by atoms with van der Waals surface area (Å²) in [5.41, 5.74) is 8.10. The fourth-order valence-corrected chi connectivity index (χ4v) is 3.34. The van der Waals surface area contributed by atoms with Crippen molar-refractivity contribution >= 4 is 38.8 Å². The smallest absolute Gasteiger partial charge is 0.106 e. The van der Waals surface area contributed by atoms with Gasteiger partial charge in [0.25, 0.3) is 0 Å². The van der Waals surface area contributed by atoms with Crippen molar-refractivity contribution in [2.45, 2.75) is 45.6 Å². The summed E-state index contributed by atoms with van der Waals surface area (Å²) in [6.45, 7) is 4.67. The Balaban J connectivity index is 2.27. The highest BCUT2D eigenvalue weighted by Crippen LogP contribution is 2.38. The number of nitrogens with two attached hydrogens (primary N) is 1. The number of halogens is 1. The lowest BCUT2D eigenvalue weighted by molar-refractivity contribution is 0.217. The summed E-state index contributed by atoms with van der Waals surface area (Å²) in [5, 5.41) is 3.66. The molecule has 19 heavy (non-hydrogen) atoms. The molecule has 0 saturated heterocycles. The number of nitrogens with one attached hydrogen (secondary N) is 1. The predicted molar refractivity (Wildman–Crippen MR) is 89.7 cm³/mol. The van der Waals surface area contributed by atoms with Crippen molar-refractivity contribution in [3.63, 3.8) is 0 Å². The highest BCUT2D eigenvalue weighted by molar-refractivity contribution is 9.10. The van der Waals surface area contributed by atoms with Gasteiger partial charge in [0.2, 0.25) is 0 Å². The Kier molecular flexibility index (Phi) is 4.51. The van der Waals surface area contributed by atoms with E-state index in [1.807, 2.05) is 12.1 Å². The highest BCUT2D eigenvalue weighted by atomic mass is 79.9. The van der Waals surface area contributed by atoms with E-state index in [4.69, 9.17) is 18.0 Å². The first-order valence-electron chi connectivity index (χ1n) is 6.76. The first-order chi connectivity index (χ1) is 8.90. The van der Waals surface area contributed by atoms with E-state index in [0.717, 1.165) is 15.7 Å². The second kappa shape index (κ2) is 5.80. The van der Waals surface area contributed by atoms with Gasteiger partial charge in [0.1, 0.15) is 4.99 Å². The van der Waals surface area contributed by atoms with Crippen molar-refractivity contribution in [3.8, 4) is 0 Å². The number of rotatable bonds is 3. The van der Waals surface area contributed by atoms with Crippen LogP contribution >= 0.6 is 28.1 Å². The lowest BCUT2D eigenvalue weighted by Gasteiger charge is -2.40.